The summed E-state index contributed by atoms with van der Waals surface area (Å²) in [5, 5.41) is 10.2. The maximum Gasteiger partial charge on any atom is 0.0546 e. The van der Waals surface area contributed by atoms with Gasteiger partial charge in [-0.1, -0.05) is 133 Å². The van der Waals surface area contributed by atoms with Crippen molar-refractivity contribution in [2.24, 2.45) is 0 Å². The van der Waals surface area contributed by atoms with E-state index in [1.807, 2.05) is 0 Å². The highest BCUT2D eigenvalue weighted by atomic mass is 15.1. The predicted molar refractivity (Wildman–Crippen MR) is 177 cm³/mol. The molecule has 0 atom stereocenters. The summed E-state index contributed by atoms with van der Waals surface area (Å²) in [6.07, 6.45) is 0. The van der Waals surface area contributed by atoms with Crippen molar-refractivity contribution in [3.63, 3.8) is 0 Å². The van der Waals surface area contributed by atoms with Crippen LogP contribution in [0.3, 0.4) is 0 Å². The number of anilines is 3. The van der Waals surface area contributed by atoms with Gasteiger partial charge in [-0.2, -0.15) is 0 Å². The van der Waals surface area contributed by atoms with Crippen LogP contribution in [0.2, 0.25) is 0 Å². The molecule has 0 aliphatic heterocycles. The Morgan fingerprint density at radius 3 is 1.54 bits per heavy atom. The molecule has 0 saturated carbocycles. The van der Waals surface area contributed by atoms with Crippen LogP contribution in [-0.2, 0) is 0 Å². The number of rotatable bonds is 4. The molecule has 0 amide bonds. The van der Waals surface area contributed by atoms with Gasteiger partial charge < -0.3 is 4.90 Å². The molecule has 0 heterocycles. The molecular formula is C40H27N. The highest BCUT2D eigenvalue weighted by Gasteiger charge is 2.19. The van der Waals surface area contributed by atoms with Gasteiger partial charge in [0.1, 0.15) is 0 Å². The van der Waals surface area contributed by atoms with Gasteiger partial charge in [0.15, 0.2) is 0 Å². The van der Waals surface area contributed by atoms with E-state index in [9.17, 15) is 0 Å². The third-order valence-electron chi connectivity index (χ3n) is 8.20. The Morgan fingerprint density at radius 1 is 0.317 bits per heavy atom. The largest absolute Gasteiger partial charge is 0.310 e. The van der Waals surface area contributed by atoms with Crippen LogP contribution in [0.25, 0.3) is 54.2 Å². The standard InChI is InChI=1S/C40H27N/c1-3-11-28(12-4-1)29-21-24-34(25-22-29)41(33-15-5-2-6-16-33)38-27-32-20-19-30-13-7-9-17-35(30)39(32)40-36-18-10-8-14-31(36)23-26-37(38)40/h1-27H. The van der Waals surface area contributed by atoms with Crippen molar-refractivity contribution in [1.29, 1.82) is 0 Å². The van der Waals surface area contributed by atoms with Crippen LogP contribution in [0.4, 0.5) is 17.1 Å². The van der Waals surface area contributed by atoms with Crippen LogP contribution in [-0.4, -0.2) is 0 Å². The summed E-state index contributed by atoms with van der Waals surface area (Å²) in [7, 11) is 0. The van der Waals surface area contributed by atoms with Crippen molar-refractivity contribution in [3.05, 3.63) is 164 Å². The van der Waals surface area contributed by atoms with Gasteiger partial charge in [-0.25, -0.2) is 0 Å². The van der Waals surface area contributed by atoms with Gasteiger partial charge >= 0.3 is 0 Å². The fourth-order valence-electron chi connectivity index (χ4n) is 6.29. The molecule has 192 valence electrons. The number of hydrogen-bond acceptors (Lipinski definition) is 1. The van der Waals surface area contributed by atoms with Gasteiger partial charge in [0.25, 0.3) is 0 Å². The van der Waals surface area contributed by atoms with Gasteiger partial charge in [0, 0.05) is 22.1 Å². The lowest BCUT2D eigenvalue weighted by Gasteiger charge is -2.28. The molecule has 0 unspecified atom stereocenters. The second kappa shape index (κ2) is 9.66. The van der Waals surface area contributed by atoms with E-state index < -0.39 is 0 Å². The fraction of sp³-hybridized carbons (Fsp3) is 0. The summed E-state index contributed by atoms with van der Waals surface area (Å²) in [4.78, 5) is 2.40. The summed E-state index contributed by atoms with van der Waals surface area (Å²) in [5.41, 5.74) is 5.87. The summed E-state index contributed by atoms with van der Waals surface area (Å²) >= 11 is 0. The Bertz CT molecular complexity index is 2180. The molecule has 8 aromatic rings. The zero-order valence-electron chi connectivity index (χ0n) is 22.5. The first kappa shape index (κ1) is 23.5. The molecule has 0 aromatic heterocycles. The lowest BCUT2D eigenvalue weighted by atomic mass is 9.91. The van der Waals surface area contributed by atoms with Crippen LogP contribution in [0.1, 0.15) is 0 Å². The topological polar surface area (TPSA) is 3.24 Å². The minimum atomic E-state index is 1.13. The molecule has 0 N–H and O–H groups in total. The zero-order valence-corrected chi connectivity index (χ0v) is 22.5. The molecule has 0 bridgehead atoms. The molecule has 0 radical (unpaired) electrons. The molecule has 0 spiro atoms. The van der Waals surface area contributed by atoms with Crippen LogP contribution in [0.15, 0.2) is 164 Å². The van der Waals surface area contributed by atoms with Gasteiger partial charge in [-0.15, -0.1) is 0 Å². The van der Waals surface area contributed by atoms with E-state index in [2.05, 4.69) is 169 Å². The molecule has 1 heteroatoms. The molecular weight excluding hydrogens is 494 g/mol. The first-order valence-electron chi connectivity index (χ1n) is 14.1. The van der Waals surface area contributed by atoms with Crippen molar-refractivity contribution in [2.75, 3.05) is 4.90 Å². The van der Waals surface area contributed by atoms with Gasteiger partial charge in [0.2, 0.25) is 0 Å². The number of nitrogens with zero attached hydrogens (tertiary/aromatic N) is 1. The zero-order chi connectivity index (χ0) is 27.2. The Kier molecular flexibility index (Phi) is 5.53. The summed E-state index contributed by atoms with van der Waals surface area (Å²) in [6, 6.07) is 59.2. The predicted octanol–water partition coefficient (Wildman–Crippen LogP) is 11.4. The second-order valence-corrected chi connectivity index (χ2v) is 10.6. The quantitative estimate of drug-likeness (QED) is 0.208. The maximum atomic E-state index is 2.40. The van der Waals surface area contributed by atoms with Gasteiger partial charge in [-0.05, 0) is 73.8 Å². The molecule has 1 nitrogen and oxygen atoms in total. The average molecular weight is 522 g/mol. The van der Waals surface area contributed by atoms with E-state index in [-0.39, 0.29) is 0 Å². The number of benzene rings is 8. The van der Waals surface area contributed by atoms with E-state index in [0.29, 0.717) is 0 Å². The number of hydrogen-bond donors (Lipinski definition) is 0. The molecule has 41 heavy (non-hydrogen) atoms. The Hall–Kier alpha value is -5.40. The van der Waals surface area contributed by atoms with Gasteiger partial charge in [-0.3, -0.25) is 0 Å². The third-order valence-corrected chi connectivity index (χ3v) is 8.20. The summed E-state index contributed by atoms with van der Waals surface area (Å²) in [6.45, 7) is 0. The highest BCUT2D eigenvalue weighted by molar-refractivity contribution is 6.30. The smallest absolute Gasteiger partial charge is 0.0546 e. The SMILES string of the molecule is c1ccc(-c2ccc(N(c3ccccc3)c3cc4ccc5ccccc5c4c4c3ccc3ccccc34)cc2)cc1. The Morgan fingerprint density at radius 2 is 0.829 bits per heavy atom. The minimum absolute atomic E-state index is 1.13. The minimum Gasteiger partial charge on any atom is -0.310 e. The highest BCUT2D eigenvalue weighted by Crippen LogP contribution is 2.45. The van der Waals surface area contributed by atoms with E-state index >= 15 is 0 Å². The van der Waals surface area contributed by atoms with E-state index in [1.165, 1.54) is 59.9 Å². The molecule has 0 saturated heterocycles. The monoisotopic (exact) mass is 521 g/mol. The maximum absolute atomic E-state index is 2.40. The third kappa shape index (κ3) is 3.94. The fourth-order valence-corrected chi connectivity index (χ4v) is 6.29. The Balaban J connectivity index is 1.46. The van der Waals surface area contributed by atoms with Crippen molar-refractivity contribution >= 4 is 60.2 Å². The molecule has 0 aliphatic rings. The molecule has 8 aromatic carbocycles. The van der Waals surface area contributed by atoms with E-state index in [1.54, 1.807) is 0 Å². The molecule has 0 fully saturated rings. The van der Waals surface area contributed by atoms with Crippen LogP contribution < -0.4 is 4.90 Å². The normalized spacial score (nSPS) is 11.4. The van der Waals surface area contributed by atoms with Gasteiger partial charge in [0.05, 0.1) is 5.69 Å². The Labute approximate surface area is 239 Å². The van der Waals surface area contributed by atoms with E-state index in [0.717, 1.165) is 11.4 Å². The lowest BCUT2D eigenvalue weighted by molar-refractivity contribution is 1.30. The van der Waals surface area contributed by atoms with Crippen molar-refractivity contribution < 1.29 is 0 Å². The first-order valence-corrected chi connectivity index (χ1v) is 14.1. The molecule has 8 rings (SSSR count). The lowest BCUT2D eigenvalue weighted by Crippen LogP contribution is -2.10. The van der Waals surface area contributed by atoms with Crippen molar-refractivity contribution in [3.8, 4) is 11.1 Å². The first-order chi connectivity index (χ1) is 20.3. The summed E-state index contributed by atoms with van der Waals surface area (Å²) < 4.78 is 0. The summed E-state index contributed by atoms with van der Waals surface area (Å²) in [5.74, 6) is 0. The number of fused-ring (bicyclic) bond motifs is 7. The molecule has 0 aliphatic carbocycles. The second-order valence-electron chi connectivity index (χ2n) is 10.6. The van der Waals surface area contributed by atoms with Crippen molar-refractivity contribution in [2.45, 2.75) is 0 Å². The van der Waals surface area contributed by atoms with Crippen molar-refractivity contribution in [1.82, 2.24) is 0 Å². The number of para-hydroxylation sites is 1. The van der Waals surface area contributed by atoms with Crippen LogP contribution in [0.5, 0.6) is 0 Å². The van der Waals surface area contributed by atoms with Crippen LogP contribution >= 0.6 is 0 Å². The van der Waals surface area contributed by atoms with Crippen LogP contribution in [0, 0.1) is 0 Å². The van der Waals surface area contributed by atoms with E-state index in [4.69, 9.17) is 0 Å². The average Bonchev–Trinajstić information content (AvgIpc) is 3.05.